The van der Waals surface area contributed by atoms with Crippen molar-refractivity contribution in [2.45, 2.75) is 65.0 Å². The number of anilines is 1. The molecule has 5 nitrogen and oxygen atoms in total. The molecular formula is C33H37NO4. The number of carbonyl (C=O) groups excluding carboxylic acids is 2. The molecule has 1 amide bonds. The summed E-state index contributed by atoms with van der Waals surface area (Å²) in [5.74, 6) is -0.230. The molecule has 2 unspecified atom stereocenters. The lowest BCUT2D eigenvalue weighted by Gasteiger charge is -2.46. The number of rotatable bonds is 6. The van der Waals surface area contributed by atoms with Gasteiger partial charge in [-0.05, 0) is 70.7 Å². The predicted molar refractivity (Wildman–Crippen MR) is 149 cm³/mol. The highest BCUT2D eigenvalue weighted by molar-refractivity contribution is 6.13. The molecule has 3 aromatic carbocycles. The van der Waals surface area contributed by atoms with Crippen molar-refractivity contribution in [1.82, 2.24) is 0 Å². The maximum absolute atomic E-state index is 13.8. The minimum atomic E-state index is -0.759. The van der Waals surface area contributed by atoms with Gasteiger partial charge in [-0.15, -0.1) is 0 Å². The van der Waals surface area contributed by atoms with Gasteiger partial charge < -0.3 is 14.4 Å². The van der Waals surface area contributed by atoms with Crippen molar-refractivity contribution in [3.63, 3.8) is 0 Å². The first-order valence-electron chi connectivity index (χ1n) is 13.9. The Morgan fingerprint density at radius 3 is 2.42 bits per heavy atom. The number of hydrogen-bond donors (Lipinski definition) is 0. The van der Waals surface area contributed by atoms with Crippen LogP contribution in [0.4, 0.5) is 5.69 Å². The molecule has 5 heteroatoms. The van der Waals surface area contributed by atoms with E-state index in [1.807, 2.05) is 31.2 Å². The molecule has 6 rings (SSSR count). The van der Waals surface area contributed by atoms with Crippen molar-refractivity contribution in [2.75, 3.05) is 12.0 Å². The molecule has 3 aromatic rings. The van der Waals surface area contributed by atoms with E-state index in [9.17, 15) is 9.59 Å². The van der Waals surface area contributed by atoms with Gasteiger partial charge in [0.1, 0.15) is 11.9 Å². The fraction of sp³-hybridized carbons (Fsp3) is 0.455. The third-order valence-electron chi connectivity index (χ3n) is 10.4. The van der Waals surface area contributed by atoms with Crippen molar-refractivity contribution < 1.29 is 19.1 Å². The van der Waals surface area contributed by atoms with Crippen LogP contribution in [0.1, 0.15) is 58.4 Å². The standard InChI is InChI=1S/C33H37NO4/c1-6-26-27(30(35)34(26)21-14-16-22(37-5)17-15-21)31(36)38-29-25-18-19-33(4,32(25,2)3)28(29)24-13-9-11-20-10-7-8-12-23(20)24/h7-17,25-29H,6,18-19H2,1-5H3/t25-,26?,27?,28-,29-,33+/m1/s1. The van der Waals surface area contributed by atoms with Crippen LogP contribution in [0.3, 0.4) is 0 Å². The molecule has 3 fully saturated rings. The van der Waals surface area contributed by atoms with E-state index in [0.29, 0.717) is 6.42 Å². The van der Waals surface area contributed by atoms with E-state index < -0.39 is 5.92 Å². The van der Waals surface area contributed by atoms with Gasteiger partial charge in [-0.3, -0.25) is 9.59 Å². The van der Waals surface area contributed by atoms with Gasteiger partial charge in [0, 0.05) is 17.5 Å². The molecule has 2 saturated carbocycles. The first-order valence-corrected chi connectivity index (χ1v) is 13.9. The number of ether oxygens (including phenoxy) is 2. The summed E-state index contributed by atoms with van der Waals surface area (Å²) in [7, 11) is 1.62. The van der Waals surface area contributed by atoms with Crippen LogP contribution in [-0.2, 0) is 14.3 Å². The zero-order chi connectivity index (χ0) is 26.8. The number of methoxy groups -OCH3 is 1. The van der Waals surface area contributed by atoms with Gasteiger partial charge in [0.15, 0.2) is 5.92 Å². The second-order valence-electron chi connectivity index (χ2n) is 12.1. The fourth-order valence-electron chi connectivity index (χ4n) is 7.97. The Morgan fingerprint density at radius 2 is 1.71 bits per heavy atom. The highest BCUT2D eigenvalue weighted by atomic mass is 16.5. The summed E-state index contributed by atoms with van der Waals surface area (Å²) in [5, 5.41) is 2.43. The Labute approximate surface area is 225 Å². The van der Waals surface area contributed by atoms with Crippen LogP contribution in [0.25, 0.3) is 10.8 Å². The number of β-lactam (4-membered cyclic amide) rings is 1. The normalized spacial score (nSPS) is 31.3. The van der Waals surface area contributed by atoms with Crippen LogP contribution in [0, 0.1) is 22.7 Å². The molecule has 198 valence electrons. The summed E-state index contributed by atoms with van der Waals surface area (Å²) in [6.07, 6.45) is 2.58. The van der Waals surface area contributed by atoms with Gasteiger partial charge in [0.05, 0.1) is 13.2 Å². The molecule has 0 radical (unpaired) electrons. The Bertz CT molecular complexity index is 1390. The number of fused-ring (bicyclic) bond motifs is 3. The molecule has 0 N–H and O–H groups in total. The summed E-state index contributed by atoms with van der Waals surface area (Å²) in [5.41, 5.74) is 2.05. The average molecular weight is 512 g/mol. The lowest BCUT2D eigenvalue weighted by atomic mass is 9.64. The van der Waals surface area contributed by atoms with E-state index in [0.717, 1.165) is 24.3 Å². The first kappa shape index (κ1) is 25.0. The van der Waals surface area contributed by atoms with Crippen molar-refractivity contribution in [2.24, 2.45) is 22.7 Å². The van der Waals surface area contributed by atoms with Crippen molar-refractivity contribution in [3.05, 3.63) is 72.3 Å². The van der Waals surface area contributed by atoms with Crippen LogP contribution in [0.5, 0.6) is 5.75 Å². The molecule has 2 aliphatic carbocycles. The monoisotopic (exact) mass is 511 g/mol. The van der Waals surface area contributed by atoms with E-state index in [1.165, 1.54) is 16.3 Å². The van der Waals surface area contributed by atoms with Gasteiger partial charge in [-0.1, -0.05) is 70.2 Å². The molecule has 3 aliphatic rings. The van der Waals surface area contributed by atoms with Crippen LogP contribution >= 0.6 is 0 Å². The van der Waals surface area contributed by atoms with E-state index in [1.54, 1.807) is 12.0 Å². The van der Waals surface area contributed by atoms with Gasteiger partial charge in [0.2, 0.25) is 5.91 Å². The molecule has 1 aliphatic heterocycles. The van der Waals surface area contributed by atoms with E-state index >= 15 is 0 Å². The number of nitrogens with zero attached hydrogens (tertiary/aromatic N) is 1. The molecule has 2 bridgehead atoms. The summed E-state index contributed by atoms with van der Waals surface area (Å²) in [6, 6.07) is 22.2. The Hall–Kier alpha value is -3.34. The van der Waals surface area contributed by atoms with Crippen LogP contribution in [0.2, 0.25) is 0 Å². The number of amides is 1. The summed E-state index contributed by atoms with van der Waals surface area (Å²) in [4.78, 5) is 28.9. The minimum absolute atomic E-state index is 0.00432. The molecule has 1 saturated heterocycles. The minimum Gasteiger partial charge on any atom is -0.497 e. The van der Waals surface area contributed by atoms with Gasteiger partial charge in [-0.25, -0.2) is 0 Å². The van der Waals surface area contributed by atoms with Crippen molar-refractivity contribution in [3.8, 4) is 5.75 Å². The van der Waals surface area contributed by atoms with E-state index in [2.05, 4.69) is 63.2 Å². The molecule has 1 heterocycles. The summed E-state index contributed by atoms with van der Waals surface area (Å²) < 4.78 is 11.7. The Balaban J connectivity index is 1.32. The van der Waals surface area contributed by atoms with Crippen molar-refractivity contribution in [1.29, 1.82) is 0 Å². The molecule has 0 spiro atoms. The highest BCUT2D eigenvalue weighted by Gasteiger charge is 2.68. The SMILES string of the molecule is CCC1C(C(=O)O[C@@H]2[C@H]3CC[C@@](C)([C@@H]2c2cccc4ccccc24)C3(C)C)C(=O)N1c1ccc(OC)cc1. The maximum atomic E-state index is 13.8. The number of benzene rings is 3. The fourth-order valence-corrected chi connectivity index (χ4v) is 7.97. The molecule has 0 aromatic heterocycles. The van der Waals surface area contributed by atoms with Gasteiger partial charge >= 0.3 is 5.97 Å². The lowest BCUT2D eigenvalue weighted by Crippen LogP contribution is -2.64. The number of esters is 1. The van der Waals surface area contributed by atoms with Gasteiger partial charge in [0.25, 0.3) is 0 Å². The molecule has 38 heavy (non-hydrogen) atoms. The molecule has 6 atom stereocenters. The number of hydrogen-bond acceptors (Lipinski definition) is 4. The summed E-state index contributed by atoms with van der Waals surface area (Å²) >= 11 is 0. The first-order chi connectivity index (χ1) is 18.2. The second kappa shape index (κ2) is 8.86. The average Bonchev–Trinajstić information content (AvgIpc) is 3.24. The van der Waals surface area contributed by atoms with Crippen LogP contribution < -0.4 is 9.64 Å². The zero-order valence-electron chi connectivity index (χ0n) is 22.9. The second-order valence-corrected chi connectivity index (χ2v) is 12.1. The van der Waals surface area contributed by atoms with Crippen LogP contribution in [0.15, 0.2) is 66.7 Å². The number of carbonyl (C=O) groups is 2. The largest absolute Gasteiger partial charge is 0.497 e. The third-order valence-corrected chi connectivity index (χ3v) is 10.4. The Kier molecular flexibility index (Phi) is 5.82. The maximum Gasteiger partial charge on any atom is 0.320 e. The van der Waals surface area contributed by atoms with Crippen molar-refractivity contribution >= 4 is 28.3 Å². The van der Waals surface area contributed by atoms with E-state index in [4.69, 9.17) is 9.47 Å². The quantitative estimate of drug-likeness (QED) is 0.209. The van der Waals surface area contributed by atoms with Gasteiger partial charge in [-0.2, -0.15) is 0 Å². The topological polar surface area (TPSA) is 55.8 Å². The zero-order valence-corrected chi connectivity index (χ0v) is 22.9. The summed E-state index contributed by atoms with van der Waals surface area (Å²) in [6.45, 7) is 9.08. The third kappa shape index (κ3) is 3.36. The Morgan fingerprint density at radius 1 is 1.00 bits per heavy atom. The highest BCUT2D eigenvalue weighted by Crippen LogP contribution is 2.72. The smallest absolute Gasteiger partial charge is 0.320 e. The predicted octanol–water partition coefficient (Wildman–Crippen LogP) is 6.74. The molecular weight excluding hydrogens is 474 g/mol. The van der Waals surface area contributed by atoms with E-state index in [-0.39, 0.29) is 46.7 Å². The lowest BCUT2D eigenvalue weighted by molar-refractivity contribution is -0.165. The van der Waals surface area contributed by atoms with Crippen LogP contribution in [-0.4, -0.2) is 31.1 Å².